The summed E-state index contributed by atoms with van der Waals surface area (Å²) in [5, 5.41) is 0. The van der Waals surface area contributed by atoms with Gasteiger partial charge in [0.1, 0.15) is 11.0 Å². The van der Waals surface area contributed by atoms with Gasteiger partial charge in [0.25, 0.3) is 0 Å². The summed E-state index contributed by atoms with van der Waals surface area (Å²) in [5.41, 5.74) is 8.46. The van der Waals surface area contributed by atoms with E-state index in [0.717, 1.165) is 16.6 Å². The Kier molecular flexibility index (Phi) is 5.77. The Labute approximate surface area is 128 Å². The number of halogens is 6. The van der Waals surface area contributed by atoms with Crippen molar-refractivity contribution in [2.75, 3.05) is 0 Å². The van der Waals surface area contributed by atoms with Crippen molar-refractivity contribution in [1.29, 1.82) is 0 Å². The van der Waals surface area contributed by atoms with Crippen molar-refractivity contribution in [1.82, 2.24) is 8.75 Å². The molecule has 12 heteroatoms. The van der Waals surface area contributed by atoms with Crippen LogP contribution in [-0.2, 0) is 16.1 Å². The van der Waals surface area contributed by atoms with Gasteiger partial charge in [-0.25, -0.2) is 0 Å². The minimum absolute atomic E-state index is 0.563. The van der Waals surface area contributed by atoms with Gasteiger partial charge < -0.3 is 5.73 Å². The molecule has 0 amide bonds. The van der Waals surface area contributed by atoms with Crippen LogP contribution in [0.2, 0.25) is 0 Å². The lowest BCUT2D eigenvalue weighted by Crippen LogP contribution is -2.39. The van der Waals surface area contributed by atoms with E-state index in [4.69, 9.17) is 5.73 Å². The fraction of sp³-hybridized carbons (Fsp3) is 0.273. The zero-order valence-corrected chi connectivity index (χ0v) is 11.7. The number of carbonyl (C=O) groups is 2. The molecule has 126 valence electrons. The van der Waals surface area contributed by atoms with Gasteiger partial charge in [0, 0.05) is 6.54 Å². The summed E-state index contributed by atoms with van der Waals surface area (Å²) in [6.07, 6.45) is -11.5. The molecule has 0 spiro atoms. The Morgan fingerprint density at radius 2 is 1.43 bits per heavy atom. The number of nitrogens with two attached hydrogens (primary N) is 1. The number of benzene rings is 1. The Hall–Kier alpha value is -2.08. The number of Topliss-reactive ketones (excluding diaryl/α,β-unsaturated/α-hetero) is 2. The predicted molar refractivity (Wildman–Crippen MR) is 67.4 cm³/mol. The van der Waals surface area contributed by atoms with E-state index in [2.05, 4.69) is 8.75 Å². The van der Waals surface area contributed by atoms with Crippen molar-refractivity contribution in [3.05, 3.63) is 23.8 Å². The molecule has 0 radical (unpaired) electrons. The number of nitrogens with zero attached hydrogens (tertiary/aromatic N) is 2. The third-order valence-electron chi connectivity index (χ3n) is 2.28. The van der Waals surface area contributed by atoms with Crippen molar-refractivity contribution in [2.24, 2.45) is 5.73 Å². The second-order valence-corrected chi connectivity index (χ2v) is 4.47. The Bertz CT molecular complexity index is 686. The SMILES string of the molecule is NCc1ccc2nsnc2c1.O=C(C(=O)C(F)(F)F)C(F)(F)F. The number of ketones is 2. The molecule has 2 rings (SSSR count). The van der Waals surface area contributed by atoms with E-state index < -0.39 is 23.9 Å². The van der Waals surface area contributed by atoms with E-state index in [0.29, 0.717) is 6.54 Å². The highest BCUT2D eigenvalue weighted by molar-refractivity contribution is 7.00. The van der Waals surface area contributed by atoms with Crippen molar-refractivity contribution in [3.63, 3.8) is 0 Å². The van der Waals surface area contributed by atoms with Gasteiger partial charge >= 0.3 is 23.9 Å². The third kappa shape index (κ3) is 5.25. The Morgan fingerprint density at radius 1 is 0.957 bits per heavy atom. The Balaban J connectivity index is 0.000000230. The quantitative estimate of drug-likeness (QED) is 0.657. The maximum absolute atomic E-state index is 11.2. The zero-order chi connectivity index (χ0) is 17.8. The molecular formula is C11H7F6N3O2S. The molecule has 0 aliphatic carbocycles. The molecule has 0 aliphatic rings. The summed E-state index contributed by atoms with van der Waals surface area (Å²) >= 11 is 1.23. The van der Waals surface area contributed by atoms with Crippen LogP contribution in [0.1, 0.15) is 5.56 Å². The van der Waals surface area contributed by atoms with Crippen LogP contribution in [-0.4, -0.2) is 32.7 Å². The van der Waals surface area contributed by atoms with Gasteiger partial charge in [0.15, 0.2) is 0 Å². The number of alkyl halides is 6. The molecule has 23 heavy (non-hydrogen) atoms. The normalized spacial score (nSPS) is 11.8. The van der Waals surface area contributed by atoms with Crippen molar-refractivity contribution in [3.8, 4) is 0 Å². The number of carbonyl (C=O) groups excluding carboxylic acids is 2. The van der Waals surface area contributed by atoms with Crippen molar-refractivity contribution >= 4 is 34.3 Å². The van der Waals surface area contributed by atoms with Crippen LogP contribution in [0.3, 0.4) is 0 Å². The summed E-state index contributed by atoms with van der Waals surface area (Å²) in [7, 11) is 0. The summed E-state index contributed by atoms with van der Waals surface area (Å²) in [4.78, 5) is 19.2. The van der Waals surface area contributed by atoms with Crippen LogP contribution in [0.25, 0.3) is 11.0 Å². The topological polar surface area (TPSA) is 85.9 Å². The van der Waals surface area contributed by atoms with Gasteiger partial charge in [0.05, 0.1) is 11.7 Å². The summed E-state index contributed by atoms with van der Waals surface area (Å²) in [6, 6.07) is 5.89. The molecule has 2 aromatic rings. The molecule has 5 nitrogen and oxygen atoms in total. The monoisotopic (exact) mass is 359 g/mol. The lowest BCUT2D eigenvalue weighted by molar-refractivity contribution is -0.193. The summed E-state index contributed by atoms with van der Waals surface area (Å²) in [6.45, 7) is 0.563. The molecule has 1 heterocycles. The van der Waals surface area contributed by atoms with Crippen LogP contribution in [0.4, 0.5) is 26.3 Å². The summed E-state index contributed by atoms with van der Waals surface area (Å²) in [5.74, 6) is -6.81. The van der Waals surface area contributed by atoms with Gasteiger partial charge in [-0.15, -0.1) is 0 Å². The van der Waals surface area contributed by atoms with E-state index >= 15 is 0 Å². The maximum Gasteiger partial charge on any atom is 0.458 e. The van der Waals surface area contributed by atoms with E-state index in [9.17, 15) is 35.9 Å². The zero-order valence-electron chi connectivity index (χ0n) is 10.9. The second-order valence-electron chi connectivity index (χ2n) is 3.95. The first-order valence-corrected chi connectivity index (χ1v) is 6.33. The van der Waals surface area contributed by atoms with Crippen molar-refractivity contribution < 1.29 is 35.9 Å². The van der Waals surface area contributed by atoms with Crippen molar-refractivity contribution in [2.45, 2.75) is 18.9 Å². The lowest BCUT2D eigenvalue weighted by Gasteiger charge is -2.05. The number of aromatic nitrogens is 2. The fourth-order valence-corrected chi connectivity index (χ4v) is 1.73. The average Bonchev–Trinajstić information content (AvgIpc) is 2.91. The van der Waals surface area contributed by atoms with Gasteiger partial charge in [0.2, 0.25) is 0 Å². The van der Waals surface area contributed by atoms with Crippen LogP contribution >= 0.6 is 11.7 Å². The fourth-order valence-electron chi connectivity index (χ4n) is 1.21. The average molecular weight is 359 g/mol. The van der Waals surface area contributed by atoms with E-state index in [-0.39, 0.29) is 0 Å². The van der Waals surface area contributed by atoms with Crippen LogP contribution in [0.15, 0.2) is 18.2 Å². The number of hydrogen-bond donors (Lipinski definition) is 1. The van der Waals surface area contributed by atoms with Gasteiger partial charge in [-0.3, -0.25) is 9.59 Å². The highest BCUT2D eigenvalue weighted by atomic mass is 32.1. The van der Waals surface area contributed by atoms with Gasteiger partial charge in [-0.1, -0.05) is 6.07 Å². The van der Waals surface area contributed by atoms with Crippen LogP contribution < -0.4 is 5.73 Å². The number of fused-ring (bicyclic) bond motifs is 1. The lowest BCUT2D eigenvalue weighted by atomic mass is 10.2. The second kappa shape index (κ2) is 7.00. The molecule has 0 bridgehead atoms. The highest BCUT2D eigenvalue weighted by Gasteiger charge is 2.54. The summed E-state index contributed by atoms with van der Waals surface area (Å²) < 4.78 is 75.1. The minimum atomic E-state index is -5.77. The molecule has 0 aliphatic heterocycles. The maximum atomic E-state index is 11.2. The molecule has 1 aromatic carbocycles. The molecule has 2 N–H and O–H groups in total. The first-order chi connectivity index (χ1) is 10.5. The van der Waals surface area contributed by atoms with Gasteiger partial charge in [-0.2, -0.15) is 35.1 Å². The first kappa shape index (κ1) is 19.0. The molecular weight excluding hydrogens is 352 g/mol. The smallest absolute Gasteiger partial charge is 0.326 e. The first-order valence-electron chi connectivity index (χ1n) is 5.60. The standard InChI is InChI=1S/C7H7N3S.C4F6O2/c8-4-5-1-2-6-7(3-5)10-11-9-6;5-3(6,7)1(11)2(12)4(8,9)10/h1-3H,4,8H2;. The molecule has 0 saturated heterocycles. The minimum Gasteiger partial charge on any atom is -0.326 e. The molecule has 0 unspecified atom stereocenters. The van der Waals surface area contributed by atoms with E-state index in [1.54, 1.807) is 0 Å². The predicted octanol–water partition coefficient (Wildman–Crippen LogP) is 2.40. The molecule has 0 fully saturated rings. The molecule has 1 aromatic heterocycles. The largest absolute Gasteiger partial charge is 0.458 e. The van der Waals surface area contributed by atoms with Gasteiger partial charge in [-0.05, 0) is 17.7 Å². The molecule has 0 saturated carbocycles. The molecule has 0 atom stereocenters. The van der Waals surface area contributed by atoms with E-state index in [1.165, 1.54) is 11.7 Å². The van der Waals surface area contributed by atoms with E-state index in [1.807, 2.05) is 18.2 Å². The van der Waals surface area contributed by atoms with Crippen LogP contribution in [0, 0.1) is 0 Å². The highest BCUT2D eigenvalue weighted by Crippen LogP contribution is 2.24. The third-order valence-corrected chi connectivity index (χ3v) is 2.83. The van der Waals surface area contributed by atoms with Crippen LogP contribution in [0.5, 0.6) is 0 Å². The Morgan fingerprint density at radius 3 is 1.87 bits per heavy atom. The number of hydrogen-bond acceptors (Lipinski definition) is 6. The number of rotatable bonds is 2.